The second kappa shape index (κ2) is 8.62. The van der Waals surface area contributed by atoms with Gasteiger partial charge in [-0.3, -0.25) is 9.99 Å². The van der Waals surface area contributed by atoms with Crippen molar-refractivity contribution in [1.29, 1.82) is 0 Å². The molecule has 8 nitrogen and oxygen atoms in total. The molecule has 4 rings (SSSR count). The van der Waals surface area contributed by atoms with Crippen LogP contribution in [0, 0.1) is 0 Å². The van der Waals surface area contributed by atoms with Crippen molar-refractivity contribution in [2.45, 2.75) is 6.54 Å². The minimum Gasteiger partial charge on any atom is -0.495 e. The third kappa shape index (κ3) is 4.23. The molecule has 3 heterocycles. The first-order chi connectivity index (χ1) is 14.7. The number of hydrogen-bond acceptors (Lipinski definition) is 8. The Balaban J connectivity index is 1.56. The maximum absolute atomic E-state index is 6.40. The SMILES string of the molecule is CNc1ccc(Nc2ccc(OC)cn2)nc1N(N)Cc1ccc2ncccc2c1. The second-order valence-electron chi connectivity index (χ2n) is 6.68. The van der Waals surface area contributed by atoms with Gasteiger partial charge in [-0.25, -0.2) is 15.8 Å². The Morgan fingerprint density at radius 1 is 1.03 bits per heavy atom. The summed E-state index contributed by atoms with van der Waals surface area (Å²) in [5, 5.41) is 9.03. The first-order valence-electron chi connectivity index (χ1n) is 9.48. The van der Waals surface area contributed by atoms with Crippen LogP contribution in [0.15, 0.2) is 67.0 Å². The van der Waals surface area contributed by atoms with Crippen molar-refractivity contribution in [3.8, 4) is 5.75 Å². The summed E-state index contributed by atoms with van der Waals surface area (Å²) in [4.78, 5) is 13.4. The summed E-state index contributed by atoms with van der Waals surface area (Å²) in [5.74, 6) is 9.03. The lowest BCUT2D eigenvalue weighted by Crippen LogP contribution is -2.31. The molecular formula is C22H23N7O. The normalized spacial score (nSPS) is 10.6. The molecule has 0 bridgehead atoms. The molecule has 8 heteroatoms. The van der Waals surface area contributed by atoms with Crippen molar-refractivity contribution >= 4 is 34.0 Å². The predicted octanol–water partition coefficient (Wildman–Crippen LogP) is 3.70. The third-order valence-electron chi connectivity index (χ3n) is 4.67. The third-order valence-corrected chi connectivity index (χ3v) is 4.67. The molecule has 0 saturated heterocycles. The summed E-state index contributed by atoms with van der Waals surface area (Å²) >= 11 is 0. The van der Waals surface area contributed by atoms with Gasteiger partial charge in [0.2, 0.25) is 0 Å². The van der Waals surface area contributed by atoms with E-state index in [1.54, 1.807) is 24.5 Å². The van der Waals surface area contributed by atoms with E-state index in [1.165, 1.54) is 0 Å². The maximum atomic E-state index is 6.40. The van der Waals surface area contributed by atoms with Gasteiger partial charge in [0.25, 0.3) is 0 Å². The molecule has 30 heavy (non-hydrogen) atoms. The van der Waals surface area contributed by atoms with Crippen LogP contribution in [0.2, 0.25) is 0 Å². The Morgan fingerprint density at radius 3 is 2.67 bits per heavy atom. The zero-order valence-electron chi connectivity index (χ0n) is 16.8. The molecule has 0 radical (unpaired) electrons. The van der Waals surface area contributed by atoms with Gasteiger partial charge in [0, 0.05) is 18.6 Å². The lowest BCUT2D eigenvalue weighted by Gasteiger charge is -2.21. The number of methoxy groups -OCH3 is 1. The summed E-state index contributed by atoms with van der Waals surface area (Å²) in [6, 6.07) is 17.5. The van der Waals surface area contributed by atoms with E-state index in [0.717, 1.165) is 22.2 Å². The molecule has 0 aliphatic heterocycles. The van der Waals surface area contributed by atoms with Crippen LogP contribution in [0.25, 0.3) is 10.9 Å². The van der Waals surface area contributed by atoms with E-state index >= 15 is 0 Å². The van der Waals surface area contributed by atoms with E-state index in [0.29, 0.717) is 29.7 Å². The van der Waals surface area contributed by atoms with Gasteiger partial charge >= 0.3 is 0 Å². The lowest BCUT2D eigenvalue weighted by molar-refractivity contribution is 0.413. The number of fused-ring (bicyclic) bond motifs is 1. The fourth-order valence-electron chi connectivity index (χ4n) is 3.13. The number of benzene rings is 1. The Kier molecular flexibility index (Phi) is 5.58. The first kappa shape index (κ1) is 19.4. The van der Waals surface area contributed by atoms with Crippen LogP contribution in [0.1, 0.15) is 5.56 Å². The summed E-state index contributed by atoms with van der Waals surface area (Å²) in [6.45, 7) is 0.497. The molecule has 0 fully saturated rings. The summed E-state index contributed by atoms with van der Waals surface area (Å²) < 4.78 is 5.14. The number of hydrogen-bond donors (Lipinski definition) is 3. The molecule has 152 valence electrons. The van der Waals surface area contributed by atoms with Crippen molar-refractivity contribution < 1.29 is 4.74 Å². The number of aromatic nitrogens is 3. The first-order valence-corrected chi connectivity index (χ1v) is 9.48. The van der Waals surface area contributed by atoms with Crippen LogP contribution in [0.5, 0.6) is 5.75 Å². The van der Waals surface area contributed by atoms with Gasteiger partial charge in [-0.15, -0.1) is 0 Å². The van der Waals surface area contributed by atoms with Crippen LogP contribution in [0.3, 0.4) is 0 Å². The van der Waals surface area contributed by atoms with Crippen LogP contribution in [-0.2, 0) is 6.54 Å². The predicted molar refractivity (Wildman–Crippen MR) is 120 cm³/mol. The summed E-state index contributed by atoms with van der Waals surface area (Å²) in [7, 11) is 3.45. The van der Waals surface area contributed by atoms with E-state index in [9.17, 15) is 0 Å². The highest BCUT2D eigenvalue weighted by atomic mass is 16.5. The monoisotopic (exact) mass is 401 g/mol. The molecule has 0 atom stereocenters. The van der Waals surface area contributed by atoms with E-state index in [-0.39, 0.29) is 0 Å². The largest absolute Gasteiger partial charge is 0.495 e. The van der Waals surface area contributed by atoms with Crippen LogP contribution < -0.4 is 26.2 Å². The van der Waals surface area contributed by atoms with Crippen LogP contribution in [0.4, 0.5) is 23.1 Å². The number of anilines is 4. The number of nitrogens with one attached hydrogen (secondary N) is 2. The number of rotatable bonds is 7. The highest BCUT2D eigenvalue weighted by molar-refractivity contribution is 5.79. The van der Waals surface area contributed by atoms with Crippen LogP contribution in [-0.4, -0.2) is 29.1 Å². The van der Waals surface area contributed by atoms with Crippen molar-refractivity contribution in [1.82, 2.24) is 15.0 Å². The molecule has 1 aromatic carbocycles. The van der Waals surface area contributed by atoms with Gasteiger partial charge in [-0.05, 0) is 48.0 Å². The zero-order valence-corrected chi connectivity index (χ0v) is 16.8. The van der Waals surface area contributed by atoms with Gasteiger partial charge in [0.15, 0.2) is 5.82 Å². The van der Waals surface area contributed by atoms with Gasteiger partial charge in [0.1, 0.15) is 17.4 Å². The molecule has 0 unspecified atom stereocenters. The zero-order chi connectivity index (χ0) is 20.9. The number of hydrazine groups is 1. The van der Waals surface area contributed by atoms with E-state index < -0.39 is 0 Å². The molecule has 3 aromatic heterocycles. The Labute approximate surface area is 174 Å². The number of nitrogens with two attached hydrogens (primary N) is 1. The standard InChI is InChI=1S/C22H23N7O/c1-24-19-8-10-21(27-20-9-6-17(30-2)13-26-20)28-22(19)29(23)14-15-5-7-18-16(12-15)4-3-11-25-18/h3-13,24H,14,23H2,1-2H3,(H,26,27,28). The van der Waals surface area contributed by atoms with Crippen LogP contribution >= 0.6 is 0 Å². The Hall–Kier alpha value is -3.91. The maximum Gasteiger partial charge on any atom is 0.168 e. The highest BCUT2D eigenvalue weighted by Gasteiger charge is 2.12. The number of ether oxygens (including phenoxy) is 1. The molecular weight excluding hydrogens is 378 g/mol. The number of pyridine rings is 3. The number of nitrogens with zero attached hydrogens (tertiary/aromatic N) is 4. The Bertz CT molecular complexity index is 1150. The Morgan fingerprint density at radius 2 is 1.90 bits per heavy atom. The second-order valence-corrected chi connectivity index (χ2v) is 6.68. The fraction of sp³-hybridized carbons (Fsp3) is 0.136. The lowest BCUT2D eigenvalue weighted by atomic mass is 10.1. The summed E-state index contributed by atoms with van der Waals surface area (Å²) in [6.07, 6.45) is 3.44. The van der Waals surface area contributed by atoms with Crippen molar-refractivity contribution in [3.05, 3.63) is 72.6 Å². The van der Waals surface area contributed by atoms with Gasteiger partial charge in [0.05, 0.1) is 31.1 Å². The minimum absolute atomic E-state index is 0.497. The van der Waals surface area contributed by atoms with Crippen molar-refractivity contribution in [3.63, 3.8) is 0 Å². The minimum atomic E-state index is 0.497. The molecule has 4 aromatic rings. The van der Waals surface area contributed by atoms with Gasteiger partial charge in [-0.2, -0.15) is 0 Å². The fourth-order valence-corrected chi connectivity index (χ4v) is 3.13. The van der Waals surface area contributed by atoms with Gasteiger partial charge < -0.3 is 15.4 Å². The van der Waals surface area contributed by atoms with E-state index in [2.05, 4.69) is 31.7 Å². The molecule has 0 aliphatic carbocycles. The van der Waals surface area contributed by atoms with E-state index in [4.69, 9.17) is 10.6 Å². The van der Waals surface area contributed by atoms with Gasteiger partial charge in [-0.1, -0.05) is 12.1 Å². The molecule has 0 spiro atoms. The summed E-state index contributed by atoms with van der Waals surface area (Å²) in [5.41, 5.74) is 2.85. The average molecular weight is 401 g/mol. The molecule has 4 N–H and O–H groups in total. The molecule has 0 aliphatic rings. The average Bonchev–Trinajstić information content (AvgIpc) is 2.79. The van der Waals surface area contributed by atoms with Crippen molar-refractivity contribution in [2.24, 2.45) is 5.84 Å². The molecule has 0 amide bonds. The van der Waals surface area contributed by atoms with Crippen molar-refractivity contribution in [2.75, 3.05) is 29.8 Å². The molecule has 0 saturated carbocycles. The quantitative estimate of drug-likeness (QED) is 0.318. The highest BCUT2D eigenvalue weighted by Crippen LogP contribution is 2.26. The smallest absolute Gasteiger partial charge is 0.168 e. The van der Waals surface area contributed by atoms with E-state index in [1.807, 2.05) is 55.6 Å². The topological polar surface area (TPSA) is 101 Å².